The molecule has 22 aromatic rings. The zero-order valence-corrected chi connectivity index (χ0v) is 65.0. The van der Waals surface area contributed by atoms with E-state index in [4.69, 9.17) is 0 Å². The van der Waals surface area contributed by atoms with Gasteiger partial charge in [0.05, 0.1) is 0 Å². The van der Waals surface area contributed by atoms with E-state index in [0.717, 1.165) is 59.4 Å². The van der Waals surface area contributed by atoms with Crippen LogP contribution in [0.4, 0.5) is 0 Å². The van der Waals surface area contributed by atoms with E-state index in [0.29, 0.717) is 5.46 Å². The van der Waals surface area contributed by atoms with Crippen molar-refractivity contribution in [2.45, 2.75) is 0 Å². The maximum atomic E-state index is 10.7. The standard InChI is InChI=1S/C56H36.C36H25BO2.C20H13Br/c1-3-11-37(12-4-1)46-30-32-51-53(35-46)55(43-25-19-40(20-26-43)45-27-24-42-23-22-41-16-9-10-18-49(41)52(42)34-45)50-31-29-47(38-13-5-2-6-14-38)36-54(50)56(51)48-28-21-39-15-7-8-17-44(39)33-48;38-37(39)36-32-20-18-28(24-9-3-1-4-10-24)22-33(32)35(30-16-15-26-13-7-8-14-27(26)21-30)31-19-17-29(23-34(31)36)25-11-5-2-6-12-25;21-18-11-9-14(10-12-18)17-8-7-16-6-5-15-3-1-2-4-19(15)20(16)13-17/h1-36H;1-23,38-39H;1-13H. The van der Waals surface area contributed by atoms with Gasteiger partial charge in [-0.1, -0.05) is 392 Å². The highest BCUT2D eigenvalue weighted by Crippen LogP contribution is 2.48. The van der Waals surface area contributed by atoms with Gasteiger partial charge in [0.1, 0.15) is 0 Å². The third-order valence-electron chi connectivity index (χ3n) is 23.2. The highest BCUT2D eigenvalue weighted by Gasteiger charge is 2.25. The third-order valence-corrected chi connectivity index (χ3v) is 23.7. The van der Waals surface area contributed by atoms with E-state index in [2.05, 4.69) is 410 Å². The molecule has 2 nitrogen and oxygen atoms in total. The van der Waals surface area contributed by atoms with Crippen LogP contribution in [0.5, 0.6) is 0 Å². The molecule has 0 bridgehead atoms. The summed E-state index contributed by atoms with van der Waals surface area (Å²) in [4.78, 5) is 0. The summed E-state index contributed by atoms with van der Waals surface area (Å²) in [5.41, 5.74) is 21.8. The number of benzene rings is 22. The van der Waals surface area contributed by atoms with Gasteiger partial charge in [-0.3, -0.25) is 0 Å². The fourth-order valence-electron chi connectivity index (χ4n) is 17.5. The maximum absolute atomic E-state index is 10.7. The van der Waals surface area contributed by atoms with Gasteiger partial charge in [0.2, 0.25) is 0 Å². The van der Waals surface area contributed by atoms with E-state index >= 15 is 0 Å². The lowest BCUT2D eigenvalue weighted by molar-refractivity contribution is 0.426. The fraction of sp³-hybridized carbons (Fsp3) is 0. The van der Waals surface area contributed by atoms with Gasteiger partial charge in [0.15, 0.2) is 0 Å². The summed E-state index contributed by atoms with van der Waals surface area (Å²) in [7, 11) is -1.62. The van der Waals surface area contributed by atoms with E-state index in [9.17, 15) is 10.0 Å². The minimum atomic E-state index is -1.62. The summed E-state index contributed by atoms with van der Waals surface area (Å²) in [6, 6.07) is 157. The minimum Gasteiger partial charge on any atom is -0.423 e. The smallest absolute Gasteiger partial charge is 0.423 e. The van der Waals surface area contributed by atoms with E-state index in [1.807, 2.05) is 42.5 Å². The normalized spacial score (nSPS) is 11.4. The summed E-state index contributed by atoms with van der Waals surface area (Å²) in [5, 5.41) is 45.3. The molecule has 0 saturated heterocycles. The van der Waals surface area contributed by atoms with E-state index in [1.54, 1.807) is 0 Å². The number of hydrogen-bond acceptors (Lipinski definition) is 2. The lowest BCUT2D eigenvalue weighted by Crippen LogP contribution is -2.31. The monoisotopic (exact) mass is 1540 g/mol. The van der Waals surface area contributed by atoms with Crippen LogP contribution >= 0.6 is 15.9 Å². The average molecular weight is 1540 g/mol. The zero-order valence-electron chi connectivity index (χ0n) is 63.4. The van der Waals surface area contributed by atoms with Crippen LogP contribution in [-0.2, 0) is 0 Å². The van der Waals surface area contributed by atoms with Crippen LogP contribution in [0.2, 0.25) is 0 Å². The van der Waals surface area contributed by atoms with Crippen molar-refractivity contribution in [1.29, 1.82) is 0 Å². The molecule has 2 N–H and O–H groups in total. The Hall–Kier alpha value is -14.1. The summed E-state index contributed by atoms with van der Waals surface area (Å²) >= 11 is 3.49. The largest absolute Gasteiger partial charge is 0.489 e. The lowest BCUT2D eigenvalue weighted by atomic mass is 9.71. The Kier molecular flexibility index (Phi) is 18.8. The van der Waals surface area contributed by atoms with Crippen molar-refractivity contribution < 1.29 is 10.0 Å². The molecule has 0 spiro atoms. The highest BCUT2D eigenvalue weighted by molar-refractivity contribution is 9.10. The number of halogens is 1. The molecule has 22 aromatic carbocycles. The van der Waals surface area contributed by atoms with Gasteiger partial charge in [0.25, 0.3) is 0 Å². The molecule has 0 saturated carbocycles. The summed E-state index contributed by atoms with van der Waals surface area (Å²) < 4.78 is 1.11. The van der Waals surface area contributed by atoms with Crippen molar-refractivity contribution in [3.05, 3.63) is 441 Å². The van der Waals surface area contributed by atoms with Gasteiger partial charge in [0, 0.05) is 4.47 Å². The van der Waals surface area contributed by atoms with Crippen molar-refractivity contribution in [3.63, 3.8) is 0 Å². The number of fused-ring (bicyclic) bond motifs is 12. The van der Waals surface area contributed by atoms with Gasteiger partial charge < -0.3 is 10.0 Å². The summed E-state index contributed by atoms with van der Waals surface area (Å²) in [6.07, 6.45) is 0. The van der Waals surface area contributed by atoms with Crippen molar-refractivity contribution in [2.75, 3.05) is 0 Å². The molecule has 0 atom stereocenters. The van der Waals surface area contributed by atoms with Crippen LogP contribution in [0, 0.1) is 0 Å². The number of hydrogen-bond donors (Lipinski definition) is 2. The quantitative estimate of drug-likeness (QED) is 0.0814. The summed E-state index contributed by atoms with van der Waals surface area (Å²) in [5.74, 6) is 0. The molecule has 0 aliphatic carbocycles. The molecular weight excluding hydrogens is 1470 g/mol. The Labute approximate surface area is 682 Å². The minimum absolute atomic E-state index is 0.530. The fourth-order valence-corrected chi connectivity index (χ4v) is 17.7. The second kappa shape index (κ2) is 30.8. The summed E-state index contributed by atoms with van der Waals surface area (Å²) in [6.45, 7) is 0. The SMILES string of the molecule is Brc1ccc(-c2ccc3ccc4ccccc4c3c2)cc1.OB(O)c1c2cc(-c3ccccc3)ccc2c(-c2ccc3ccccc3c2)c2cc(-c3ccccc3)ccc12.c1ccc(-c2ccc3c(-c4ccc5ccccc5c4)c4cc(-c5ccccc5)ccc4c(-c4ccc(-c5ccc6ccc7ccccc7c6c5)cc4)c3c2)cc1. The average Bonchev–Trinajstić information content (AvgIpc) is 0.725. The molecule has 116 heavy (non-hydrogen) atoms. The van der Waals surface area contributed by atoms with Crippen molar-refractivity contribution >= 4 is 136 Å². The first kappa shape index (κ1) is 71.0. The second-order valence-electron chi connectivity index (χ2n) is 30.1. The van der Waals surface area contributed by atoms with E-state index in [-0.39, 0.29) is 0 Å². The maximum Gasteiger partial charge on any atom is 0.489 e. The third kappa shape index (κ3) is 13.6. The Morgan fingerprint density at radius 1 is 0.147 bits per heavy atom. The molecular formula is C112H74BBrO2. The van der Waals surface area contributed by atoms with Crippen molar-refractivity contribution in [2.24, 2.45) is 0 Å². The molecule has 0 amide bonds. The number of rotatable bonds is 10. The predicted molar refractivity (Wildman–Crippen MR) is 501 cm³/mol. The van der Waals surface area contributed by atoms with Crippen LogP contribution in [0.3, 0.4) is 0 Å². The Balaban J connectivity index is 0.000000125. The molecule has 4 heteroatoms. The molecule has 0 unspecified atom stereocenters. The molecule has 0 heterocycles. The molecule has 0 aromatic heterocycles. The molecule has 0 radical (unpaired) electrons. The van der Waals surface area contributed by atoms with Crippen LogP contribution in [0.25, 0.3) is 208 Å². The highest BCUT2D eigenvalue weighted by atomic mass is 79.9. The first-order valence-corrected chi connectivity index (χ1v) is 40.4. The van der Waals surface area contributed by atoms with Crippen LogP contribution in [-0.4, -0.2) is 17.2 Å². The molecule has 22 rings (SSSR count). The Morgan fingerprint density at radius 3 is 0.784 bits per heavy atom. The van der Waals surface area contributed by atoms with Gasteiger partial charge >= 0.3 is 7.12 Å². The molecule has 0 fully saturated rings. The van der Waals surface area contributed by atoms with E-state index in [1.165, 1.54) is 153 Å². The van der Waals surface area contributed by atoms with Crippen LogP contribution in [0.1, 0.15) is 0 Å². The van der Waals surface area contributed by atoms with Crippen LogP contribution in [0.15, 0.2) is 441 Å². The van der Waals surface area contributed by atoms with Crippen molar-refractivity contribution in [3.8, 4) is 100 Å². The van der Waals surface area contributed by atoms with Gasteiger partial charge in [-0.15, -0.1) is 0 Å². The van der Waals surface area contributed by atoms with Gasteiger partial charge in [-0.2, -0.15) is 0 Å². The zero-order chi connectivity index (χ0) is 77.6. The van der Waals surface area contributed by atoms with Gasteiger partial charge in [-0.05, 0) is 274 Å². The Morgan fingerprint density at radius 2 is 0.388 bits per heavy atom. The Bertz CT molecular complexity index is 7510. The van der Waals surface area contributed by atoms with Crippen LogP contribution < -0.4 is 5.46 Å². The lowest BCUT2D eigenvalue weighted by Gasteiger charge is -2.20. The molecule has 0 aliphatic rings. The second-order valence-corrected chi connectivity index (χ2v) is 31.0. The molecule has 544 valence electrons. The first-order valence-electron chi connectivity index (χ1n) is 39.6. The first-order chi connectivity index (χ1) is 57.2. The van der Waals surface area contributed by atoms with Gasteiger partial charge in [-0.25, -0.2) is 0 Å². The topological polar surface area (TPSA) is 40.5 Å². The van der Waals surface area contributed by atoms with Crippen molar-refractivity contribution in [1.82, 2.24) is 0 Å². The van der Waals surface area contributed by atoms with E-state index < -0.39 is 7.12 Å². The molecule has 0 aliphatic heterocycles. The predicted octanol–water partition coefficient (Wildman–Crippen LogP) is 30.0.